The van der Waals surface area contributed by atoms with Crippen molar-refractivity contribution in [3.8, 4) is 11.4 Å². The Hall–Kier alpha value is -2.56. The topological polar surface area (TPSA) is 47.3 Å². The third-order valence-corrected chi connectivity index (χ3v) is 2.61. The quantitative estimate of drug-likeness (QED) is 0.647. The number of hydrogen-bond donors (Lipinski definition) is 0. The molecule has 0 aliphatic heterocycles. The van der Waals surface area contributed by atoms with Gasteiger partial charge < -0.3 is 0 Å². The molecule has 2 heterocycles. The van der Waals surface area contributed by atoms with E-state index in [2.05, 4.69) is 10.1 Å². The molecule has 0 saturated heterocycles. The maximum atomic E-state index is 13.6. The summed E-state index contributed by atoms with van der Waals surface area (Å²) in [7, 11) is 0. The second-order valence-electron chi connectivity index (χ2n) is 3.80. The SMILES string of the molecule is O=Cc1ccn2nc(-c3ccccc3F)nc2c1. The summed E-state index contributed by atoms with van der Waals surface area (Å²) in [5, 5.41) is 4.17. The van der Waals surface area contributed by atoms with E-state index in [1.54, 1.807) is 36.5 Å². The second-order valence-corrected chi connectivity index (χ2v) is 3.80. The Kier molecular flexibility index (Phi) is 2.37. The highest BCUT2D eigenvalue weighted by molar-refractivity contribution is 5.76. The van der Waals surface area contributed by atoms with Gasteiger partial charge in [-0.3, -0.25) is 4.79 Å². The highest BCUT2D eigenvalue weighted by atomic mass is 19.1. The molecule has 0 fully saturated rings. The molecular formula is C13H8FN3O. The minimum atomic E-state index is -0.371. The fourth-order valence-electron chi connectivity index (χ4n) is 1.73. The molecule has 0 bridgehead atoms. The van der Waals surface area contributed by atoms with Crippen LogP contribution in [0.3, 0.4) is 0 Å². The minimum Gasteiger partial charge on any atom is -0.298 e. The summed E-state index contributed by atoms with van der Waals surface area (Å²) in [6, 6.07) is 9.53. The van der Waals surface area contributed by atoms with Crippen molar-refractivity contribution in [1.82, 2.24) is 14.6 Å². The van der Waals surface area contributed by atoms with Crippen LogP contribution in [0.5, 0.6) is 0 Å². The first kappa shape index (κ1) is 10.6. The zero-order valence-electron chi connectivity index (χ0n) is 9.25. The van der Waals surface area contributed by atoms with Crippen LogP contribution >= 0.6 is 0 Å². The standard InChI is InChI=1S/C13H8FN3O/c14-11-4-2-1-3-10(11)13-15-12-7-9(8-18)5-6-17(12)16-13/h1-8H. The van der Waals surface area contributed by atoms with Gasteiger partial charge in [-0.2, -0.15) is 0 Å². The van der Waals surface area contributed by atoms with Crippen LogP contribution in [0.2, 0.25) is 0 Å². The van der Waals surface area contributed by atoms with E-state index >= 15 is 0 Å². The number of benzene rings is 1. The lowest BCUT2D eigenvalue weighted by molar-refractivity contribution is 0.112. The zero-order valence-corrected chi connectivity index (χ0v) is 9.25. The molecule has 5 heteroatoms. The Bertz CT molecular complexity index is 736. The van der Waals surface area contributed by atoms with Crippen LogP contribution in [0.25, 0.3) is 17.0 Å². The van der Waals surface area contributed by atoms with Gasteiger partial charge in [0.2, 0.25) is 0 Å². The van der Waals surface area contributed by atoms with Crippen LogP contribution < -0.4 is 0 Å². The van der Waals surface area contributed by atoms with Crippen molar-refractivity contribution < 1.29 is 9.18 Å². The first-order valence-corrected chi connectivity index (χ1v) is 5.34. The molecule has 2 aromatic heterocycles. The Balaban J connectivity index is 2.19. The molecule has 3 aromatic rings. The predicted molar refractivity (Wildman–Crippen MR) is 63.8 cm³/mol. The molecule has 18 heavy (non-hydrogen) atoms. The van der Waals surface area contributed by atoms with Crippen LogP contribution in [0.4, 0.5) is 4.39 Å². The molecule has 0 amide bonds. The molecule has 0 saturated carbocycles. The number of carbonyl (C=O) groups is 1. The molecule has 0 atom stereocenters. The smallest absolute Gasteiger partial charge is 0.185 e. The molecule has 88 valence electrons. The summed E-state index contributed by atoms with van der Waals surface area (Å²) in [6.45, 7) is 0. The van der Waals surface area contributed by atoms with Crippen LogP contribution in [0.1, 0.15) is 10.4 Å². The zero-order chi connectivity index (χ0) is 12.5. The van der Waals surface area contributed by atoms with E-state index in [1.807, 2.05) is 0 Å². The fourth-order valence-corrected chi connectivity index (χ4v) is 1.73. The number of carbonyl (C=O) groups excluding carboxylic acids is 1. The number of rotatable bonds is 2. The molecule has 4 nitrogen and oxygen atoms in total. The highest BCUT2D eigenvalue weighted by Crippen LogP contribution is 2.19. The van der Waals surface area contributed by atoms with Gasteiger partial charge in [0.1, 0.15) is 12.1 Å². The molecule has 0 radical (unpaired) electrons. The van der Waals surface area contributed by atoms with Crippen molar-refractivity contribution in [1.29, 1.82) is 0 Å². The Morgan fingerprint density at radius 3 is 2.83 bits per heavy atom. The van der Waals surface area contributed by atoms with E-state index in [-0.39, 0.29) is 5.82 Å². The summed E-state index contributed by atoms with van der Waals surface area (Å²) in [6.07, 6.45) is 2.36. The summed E-state index contributed by atoms with van der Waals surface area (Å²) in [4.78, 5) is 14.9. The number of aldehydes is 1. The van der Waals surface area contributed by atoms with Crippen LogP contribution in [-0.4, -0.2) is 20.9 Å². The number of halogens is 1. The normalized spacial score (nSPS) is 10.7. The molecule has 3 rings (SSSR count). The summed E-state index contributed by atoms with van der Waals surface area (Å²) < 4.78 is 15.1. The maximum absolute atomic E-state index is 13.6. The maximum Gasteiger partial charge on any atom is 0.185 e. The summed E-state index contributed by atoms with van der Waals surface area (Å²) in [5.74, 6) is -0.0693. The van der Waals surface area contributed by atoms with E-state index in [9.17, 15) is 9.18 Å². The lowest BCUT2D eigenvalue weighted by Crippen LogP contribution is -1.89. The van der Waals surface area contributed by atoms with Gasteiger partial charge >= 0.3 is 0 Å². The van der Waals surface area contributed by atoms with Gasteiger partial charge in [0.05, 0.1) is 5.56 Å². The van der Waals surface area contributed by atoms with Crippen molar-refractivity contribution in [3.63, 3.8) is 0 Å². The molecule has 0 unspecified atom stereocenters. The van der Waals surface area contributed by atoms with E-state index < -0.39 is 0 Å². The average molecular weight is 241 g/mol. The summed E-state index contributed by atoms with van der Waals surface area (Å²) >= 11 is 0. The lowest BCUT2D eigenvalue weighted by atomic mass is 10.2. The third kappa shape index (κ3) is 1.66. The second kappa shape index (κ2) is 4.03. The van der Waals surface area contributed by atoms with E-state index in [1.165, 1.54) is 10.6 Å². The van der Waals surface area contributed by atoms with Crippen LogP contribution in [0.15, 0.2) is 42.6 Å². The molecule has 0 aliphatic carbocycles. The monoisotopic (exact) mass is 241 g/mol. The number of nitrogens with zero attached hydrogens (tertiary/aromatic N) is 3. The van der Waals surface area contributed by atoms with Crippen LogP contribution in [-0.2, 0) is 0 Å². The largest absolute Gasteiger partial charge is 0.298 e. The Morgan fingerprint density at radius 2 is 2.06 bits per heavy atom. The van der Waals surface area contributed by atoms with Gasteiger partial charge in [-0.25, -0.2) is 13.9 Å². The molecule has 1 aromatic carbocycles. The Labute approximate surface area is 102 Å². The minimum absolute atomic E-state index is 0.302. The first-order valence-electron chi connectivity index (χ1n) is 5.34. The average Bonchev–Trinajstić information content (AvgIpc) is 2.81. The van der Waals surface area contributed by atoms with Gasteiger partial charge in [0.25, 0.3) is 0 Å². The predicted octanol–water partition coefficient (Wildman–Crippen LogP) is 2.35. The number of fused-ring (bicyclic) bond motifs is 1. The van der Waals surface area contributed by atoms with E-state index in [4.69, 9.17) is 0 Å². The van der Waals surface area contributed by atoms with Crippen molar-refractivity contribution in [2.75, 3.05) is 0 Å². The lowest BCUT2D eigenvalue weighted by Gasteiger charge is -1.95. The van der Waals surface area contributed by atoms with Crippen molar-refractivity contribution in [3.05, 3.63) is 54.0 Å². The number of hydrogen-bond acceptors (Lipinski definition) is 3. The number of aromatic nitrogens is 3. The van der Waals surface area contributed by atoms with Gasteiger partial charge in [0, 0.05) is 11.8 Å². The van der Waals surface area contributed by atoms with Crippen molar-refractivity contribution in [2.45, 2.75) is 0 Å². The van der Waals surface area contributed by atoms with Gasteiger partial charge in [0.15, 0.2) is 11.5 Å². The Morgan fingerprint density at radius 1 is 1.22 bits per heavy atom. The van der Waals surface area contributed by atoms with Gasteiger partial charge in [-0.15, -0.1) is 5.10 Å². The van der Waals surface area contributed by atoms with Gasteiger partial charge in [-0.05, 0) is 24.3 Å². The summed E-state index contributed by atoms with van der Waals surface area (Å²) in [5.41, 5.74) is 1.36. The number of pyridine rings is 1. The van der Waals surface area contributed by atoms with E-state index in [0.717, 1.165) is 6.29 Å². The molecule has 0 N–H and O–H groups in total. The van der Waals surface area contributed by atoms with Crippen molar-refractivity contribution >= 4 is 11.9 Å². The first-order chi connectivity index (χ1) is 8.78. The van der Waals surface area contributed by atoms with Gasteiger partial charge in [-0.1, -0.05) is 12.1 Å². The third-order valence-electron chi connectivity index (χ3n) is 2.61. The van der Waals surface area contributed by atoms with E-state index in [0.29, 0.717) is 22.6 Å². The highest BCUT2D eigenvalue weighted by Gasteiger charge is 2.10. The fraction of sp³-hybridized carbons (Fsp3) is 0. The molecule has 0 spiro atoms. The molecule has 0 aliphatic rings. The molecular weight excluding hydrogens is 233 g/mol. The van der Waals surface area contributed by atoms with Crippen LogP contribution in [0, 0.1) is 5.82 Å². The van der Waals surface area contributed by atoms with Crippen molar-refractivity contribution in [2.24, 2.45) is 0 Å².